The summed E-state index contributed by atoms with van der Waals surface area (Å²) in [4.78, 5) is 16.1. The number of hydrogen-bond donors (Lipinski definition) is 1. The molecular formula is C18H21BrFNO2. The highest BCUT2D eigenvalue weighted by molar-refractivity contribution is 9.10. The van der Waals surface area contributed by atoms with Crippen LogP contribution in [-0.4, -0.2) is 17.6 Å². The molecule has 3 nitrogen and oxygen atoms in total. The van der Waals surface area contributed by atoms with Crippen molar-refractivity contribution in [3.05, 3.63) is 33.2 Å². The van der Waals surface area contributed by atoms with E-state index in [9.17, 15) is 9.18 Å². The molecule has 0 amide bonds. The Kier molecular flexibility index (Phi) is 4.25. The van der Waals surface area contributed by atoms with Crippen molar-refractivity contribution in [1.29, 1.82) is 0 Å². The summed E-state index contributed by atoms with van der Waals surface area (Å²) < 4.78 is 20.0. The number of rotatable bonds is 4. The summed E-state index contributed by atoms with van der Waals surface area (Å²) in [6.07, 6.45) is 3.11. The van der Waals surface area contributed by atoms with Crippen LogP contribution in [0.1, 0.15) is 49.9 Å². The zero-order valence-electron chi connectivity index (χ0n) is 13.7. The van der Waals surface area contributed by atoms with Crippen LogP contribution < -0.4 is 0 Å². The highest BCUT2D eigenvalue weighted by Crippen LogP contribution is 2.48. The Morgan fingerprint density at radius 3 is 2.87 bits per heavy atom. The van der Waals surface area contributed by atoms with Gasteiger partial charge in [0, 0.05) is 11.1 Å². The quantitative estimate of drug-likeness (QED) is 0.763. The summed E-state index contributed by atoms with van der Waals surface area (Å²) in [5.41, 5.74) is 3.11. The number of ether oxygens (including phenoxy) is 1. The minimum absolute atomic E-state index is 0.165. The molecule has 5 heteroatoms. The summed E-state index contributed by atoms with van der Waals surface area (Å²) >= 11 is 3.38. The van der Waals surface area contributed by atoms with E-state index in [2.05, 4.69) is 27.8 Å². The number of benzene rings is 1. The molecule has 23 heavy (non-hydrogen) atoms. The van der Waals surface area contributed by atoms with Crippen LogP contribution in [-0.2, 0) is 21.4 Å². The number of aryl methyl sites for hydroxylation is 2. The van der Waals surface area contributed by atoms with Gasteiger partial charge in [-0.1, -0.05) is 13.3 Å². The van der Waals surface area contributed by atoms with Crippen LogP contribution in [0.5, 0.6) is 0 Å². The van der Waals surface area contributed by atoms with E-state index in [-0.39, 0.29) is 11.8 Å². The van der Waals surface area contributed by atoms with Crippen LogP contribution >= 0.6 is 15.9 Å². The van der Waals surface area contributed by atoms with Crippen molar-refractivity contribution in [1.82, 2.24) is 4.98 Å². The van der Waals surface area contributed by atoms with E-state index in [4.69, 9.17) is 4.74 Å². The molecule has 1 atom stereocenters. The number of hydrogen-bond acceptors (Lipinski definition) is 2. The maximum absolute atomic E-state index is 14.1. The van der Waals surface area contributed by atoms with Crippen LogP contribution in [0.3, 0.4) is 0 Å². The zero-order valence-corrected chi connectivity index (χ0v) is 15.3. The Balaban J connectivity index is 2.26. The van der Waals surface area contributed by atoms with Crippen molar-refractivity contribution in [2.24, 2.45) is 0 Å². The monoisotopic (exact) mass is 381 g/mol. The molecule has 0 saturated carbocycles. The minimum Gasteiger partial charge on any atom is -0.465 e. The van der Waals surface area contributed by atoms with E-state index < -0.39 is 5.41 Å². The first-order chi connectivity index (χ1) is 11.0. The van der Waals surface area contributed by atoms with E-state index in [0.717, 1.165) is 53.4 Å². The van der Waals surface area contributed by atoms with Gasteiger partial charge in [0.1, 0.15) is 11.2 Å². The van der Waals surface area contributed by atoms with E-state index >= 15 is 0 Å². The molecule has 2 aromatic rings. The van der Waals surface area contributed by atoms with E-state index in [1.165, 1.54) is 6.07 Å². The van der Waals surface area contributed by atoms with Crippen LogP contribution in [0.25, 0.3) is 10.9 Å². The molecule has 1 N–H and O–H groups in total. The Morgan fingerprint density at radius 2 is 2.22 bits per heavy atom. The fourth-order valence-electron chi connectivity index (χ4n) is 3.90. The second-order valence-corrected chi connectivity index (χ2v) is 7.06. The molecule has 0 fully saturated rings. The number of halogens is 2. The first-order valence-electron chi connectivity index (χ1n) is 8.13. The molecule has 0 saturated heterocycles. The molecule has 0 spiro atoms. The normalized spacial score (nSPS) is 20.0. The van der Waals surface area contributed by atoms with Gasteiger partial charge >= 0.3 is 5.97 Å². The maximum atomic E-state index is 14.1. The molecule has 124 valence electrons. The third-order valence-electron chi connectivity index (χ3n) is 4.89. The Hall–Kier alpha value is -1.36. The van der Waals surface area contributed by atoms with Crippen molar-refractivity contribution < 1.29 is 13.9 Å². The first-order valence-corrected chi connectivity index (χ1v) is 8.92. The highest BCUT2D eigenvalue weighted by atomic mass is 79.9. The average molecular weight is 382 g/mol. The molecule has 1 aliphatic rings. The van der Waals surface area contributed by atoms with Crippen molar-refractivity contribution in [3.8, 4) is 0 Å². The molecule has 1 aliphatic carbocycles. The topological polar surface area (TPSA) is 42.1 Å². The number of carbonyl (C=O) groups is 1. The van der Waals surface area contributed by atoms with Gasteiger partial charge in [-0.3, -0.25) is 4.79 Å². The maximum Gasteiger partial charge on any atom is 0.318 e. The Morgan fingerprint density at radius 1 is 1.48 bits per heavy atom. The minimum atomic E-state index is -0.624. The van der Waals surface area contributed by atoms with Crippen molar-refractivity contribution in [3.63, 3.8) is 0 Å². The van der Waals surface area contributed by atoms with Gasteiger partial charge in [0.25, 0.3) is 0 Å². The number of aromatic amines is 1. The van der Waals surface area contributed by atoms with Crippen molar-refractivity contribution >= 4 is 32.8 Å². The lowest BCUT2D eigenvalue weighted by molar-refractivity contribution is -0.150. The molecule has 1 heterocycles. The van der Waals surface area contributed by atoms with Gasteiger partial charge in [0.15, 0.2) is 0 Å². The van der Waals surface area contributed by atoms with Gasteiger partial charge in [-0.15, -0.1) is 0 Å². The summed E-state index contributed by atoms with van der Waals surface area (Å²) in [6.45, 7) is 6.16. The Bertz CT molecular complexity index is 783. The standard InChI is InChI=1S/C18H21BrFNO2/c1-4-7-18(17(22)23-5-2)8-6-11-13-14(19)12(20)9-10(3)15(13)21-16(11)18/h9,21H,4-8H2,1-3H3. The number of carbonyl (C=O) groups excluding carboxylic acids is 1. The smallest absolute Gasteiger partial charge is 0.318 e. The average Bonchev–Trinajstić information content (AvgIpc) is 3.05. The van der Waals surface area contributed by atoms with E-state index in [1.807, 2.05) is 13.8 Å². The van der Waals surface area contributed by atoms with Crippen LogP contribution in [0.2, 0.25) is 0 Å². The fraction of sp³-hybridized carbons (Fsp3) is 0.500. The number of H-pyrrole nitrogens is 1. The summed E-state index contributed by atoms with van der Waals surface area (Å²) in [5, 5.41) is 0.875. The number of fused-ring (bicyclic) bond motifs is 3. The molecule has 0 bridgehead atoms. The largest absolute Gasteiger partial charge is 0.465 e. The van der Waals surface area contributed by atoms with Gasteiger partial charge in [-0.25, -0.2) is 4.39 Å². The third kappa shape index (κ3) is 2.32. The zero-order chi connectivity index (χ0) is 16.8. The van der Waals surface area contributed by atoms with Crippen molar-refractivity contribution in [2.45, 2.75) is 51.9 Å². The third-order valence-corrected chi connectivity index (χ3v) is 5.67. The Labute approximate surface area is 143 Å². The SMILES string of the molecule is CCCC1(C(=O)OCC)CCc2c1[nH]c1c(C)cc(F)c(Br)c21. The highest BCUT2D eigenvalue weighted by Gasteiger charge is 2.48. The predicted molar refractivity (Wildman–Crippen MR) is 92.2 cm³/mol. The fourth-order valence-corrected chi connectivity index (χ4v) is 4.45. The molecule has 0 aliphatic heterocycles. The van der Waals surface area contributed by atoms with Gasteiger partial charge in [0.2, 0.25) is 0 Å². The second kappa shape index (κ2) is 5.93. The van der Waals surface area contributed by atoms with Crippen LogP contribution in [0.15, 0.2) is 10.5 Å². The molecule has 3 rings (SSSR count). The van der Waals surface area contributed by atoms with Gasteiger partial charge < -0.3 is 9.72 Å². The molecule has 1 aromatic carbocycles. The van der Waals surface area contributed by atoms with E-state index in [1.54, 1.807) is 0 Å². The van der Waals surface area contributed by atoms with Gasteiger partial charge in [0.05, 0.1) is 16.6 Å². The predicted octanol–water partition coefficient (Wildman–Crippen LogP) is 4.93. The lowest BCUT2D eigenvalue weighted by atomic mass is 9.81. The van der Waals surface area contributed by atoms with E-state index in [0.29, 0.717) is 11.1 Å². The van der Waals surface area contributed by atoms with Crippen molar-refractivity contribution in [2.75, 3.05) is 6.61 Å². The van der Waals surface area contributed by atoms with Gasteiger partial charge in [-0.2, -0.15) is 0 Å². The number of esters is 1. The summed E-state index contributed by atoms with van der Waals surface area (Å²) in [5.74, 6) is -0.428. The number of nitrogens with one attached hydrogen (secondary N) is 1. The van der Waals surface area contributed by atoms with Gasteiger partial charge in [-0.05, 0) is 66.2 Å². The van der Waals surface area contributed by atoms with Crippen LogP contribution in [0, 0.1) is 12.7 Å². The first kappa shape index (κ1) is 16.5. The summed E-state index contributed by atoms with van der Waals surface area (Å²) in [7, 11) is 0. The molecule has 1 unspecified atom stereocenters. The molecular weight excluding hydrogens is 361 g/mol. The number of aromatic nitrogens is 1. The molecule has 1 aromatic heterocycles. The summed E-state index contributed by atoms with van der Waals surface area (Å²) in [6, 6.07) is 1.52. The lowest BCUT2D eigenvalue weighted by Gasteiger charge is -2.26. The molecule has 0 radical (unpaired) electrons. The second-order valence-electron chi connectivity index (χ2n) is 6.27. The lowest BCUT2D eigenvalue weighted by Crippen LogP contribution is -2.35. The van der Waals surface area contributed by atoms with Crippen LogP contribution in [0.4, 0.5) is 4.39 Å².